The fourth-order valence-corrected chi connectivity index (χ4v) is 1.20. The number of carboxylic acid groups (broad SMARTS) is 1. The smallest absolute Gasteiger partial charge is 0.408 e. The van der Waals surface area contributed by atoms with Crippen molar-refractivity contribution >= 4 is 18.0 Å². The van der Waals surface area contributed by atoms with Crippen LogP contribution < -0.4 is 10.6 Å². The number of amides is 2. The Hall–Kier alpha value is -1.79. The molecule has 0 spiro atoms. The van der Waals surface area contributed by atoms with E-state index in [1.54, 1.807) is 34.6 Å². The molecule has 110 valence electrons. The van der Waals surface area contributed by atoms with Gasteiger partial charge in [0.2, 0.25) is 5.91 Å². The second-order valence-electron chi connectivity index (χ2n) is 5.48. The molecule has 0 aromatic rings. The fourth-order valence-electron chi connectivity index (χ4n) is 1.20. The van der Waals surface area contributed by atoms with Gasteiger partial charge in [-0.2, -0.15) is 0 Å². The summed E-state index contributed by atoms with van der Waals surface area (Å²) in [5.41, 5.74) is -0.651. The lowest BCUT2D eigenvalue weighted by molar-refractivity contribution is -0.142. The van der Waals surface area contributed by atoms with E-state index in [2.05, 4.69) is 10.6 Å². The molecule has 7 nitrogen and oxygen atoms in total. The molecule has 3 N–H and O–H groups in total. The maximum absolute atomic E-state index is 11.5. The van der Waals surface area contributed by atoms with Gasteiger partial charge >= 0.3 is 12.1 Å². The van der Waals surface area contributed by atoms with Crippen LogP contribution in [-0.2, 0) is 14.3 Å². The number of carbonyl (C=O) groups is 3. The van der Waals surface area contributed by atoms with Crippen molar-refractivity contribution in [1.82, 2.24) is 10.6 Å². The molecule has 0 saturated carbocycles. The van der Waals surface area contributed by atoms with E-state index in [-0.39, 0.29) is 12.5 Å². The molecule has 0 aliphatic carbocycles. The quantitative estimate of drug-likeness (QED) is 0.685. The first kappa shape index (κ1) is 17.2. The average molecular weight is 274 g/mol. The van der Waals surface area contributed by atoms with Crippen LogP contribution in [0.3, 0.4) is 0 Å². The number of ether oxygens (including phenoxy) is 1. The van der Waals surface area contributed by atoms with Crippen LogP contribution in [0.4, 0.5) is 4.79 Å². The molecule has 0 aliphatic heterocycles. The Kier molecular flexibility index (Phi) is 6.31. The van der Waals surface area contributed by atoms with Gasteiger partial charge in [-0.25, -0.2) is 9.59 Å². The molecule has 0 fully saturated rings. The normalized spacial score (nSPS) is 12.7. The summed E-state index contributed by atoms with van der Waals surface area (Å²) in [6, 6.07) is -0.979. The fraction of sp³-hybridized carbons (Fsp3) is 0.750. The molecule has 0 aromatic heterocycles. The lowest BCUT2D eigenvalue weighted by atomic mass is 10.1. The number of hydrogen-bond donors (Lipinski definition) is 3. The minimum Gasteiger partial charge on any atom is -0.480 e. The molecule has 0 saturated heterocycles. The first-order chi connectivity index (χ1) is 8.53. The zero-order valence-corrected chi connectivity index (χ0v) is 11.9. The highest BCUT2D eigenvalue weighted by Crippen LogP contribution is 2.06. The average Bonchev–Trinajstić information content (AvgIpc) is 2.19. The van der Waals surface area contributed by atoms with Gasteiger partial charge in [0.15, 0.2) is 0 Å². The summed E-state index contributed by atoms with van der Waals surface area (Å²) in [4.78, 5) is 33.7. The molecule has 0 aliphatic rings. The zero-order chi connectivity index (χ0) is 15.2. The summed E-state index contributed by atoms with van der Waals surface area (Å²) in [6.45, 7) is 8.13. The summed E-state index contributed by atoms with van der Waals surface area (Å²) in [6.07, 6.45) is -0.723. The molecule has 1 atom stereocenters. The van der Waals surface area contributed by atoms with Gasteiger partial charge in [0.25, 0.3) is 0 Å². The maximum atomic E-state index is 11.5. The summed E-state index contributed by atoms with van der Waals surface area (Å²) in [7, 11) is 0. The van der Waals surface area contributed by atoms with Crippen molar-refractivity contribution in [3.8, 4) is 0 Å². The Balaban J connectivity index is 4.19. The zero-order valence-electron chi connectivity index (χ0n) is 11.9. The number of aliphatic carboxylic acids is 1. The van der Waals surface area contributed by atoms with E-state index in [0.717, 1.165) is 0 Å². The molecular formula is C12H22N2O5. The Morgan fingerprint density at radius 2 is 1.74 bits per heavy atom. The van der Waals surface area contributed by atoms with Crippen LogP contribution in [0.1, 0.15) is 34.6 Å². The largest absolute Gasteiger partial charge is 0.480 e. The SMILES string of the molecule is CC(C)C(NC(=O)CNC(=O)OC(C)(C)C)C(=O)O. The number of alkyl carbamates (subject to hydrolysis) is 1. The van der Waals surface area contributed by atoms with Gasteiger partial charge in [0.05, 0.1) is 0 Å². The van der Waals surface area contributed by atoms with Crippen molar-refractivity contribution in [2.24, 2.45) is 5.92 Å². The van der Waals surface area contributed by atoms with E-state index in [1.807, 2.05) is 0 Å². The van der Waals surface area contributed by atoms with E-state index < -0.39 is 29.6 Å². The van der Waals surface area contributed by atoms with Crippen molar-refractivity contribution < 1.29 is 24.2 Å². The van der Waals surface area contributed by atoms with E-state index in [0.29, 0.717) is 0 Å². The summed E-state index contributed by atoms with van der Waals surface area (Å²) in [5, 5.41) is 13.5. The first-order valence-corrected chi connectivity index (χ1v) is 6.02. The molecule has 0 radical (unpaired) electrons. The van der Waals surface area contributed by atoms with Gasteiger partial charge in [-0.05, 0) is 26.7 Å². The Bertz CT molecular complexity index is 347. The lowest BCUT2D eigenvalue weighted by Gasteiger charge is -2.20. The van der Waals surface area contributed by atoms with Crippen LogP contribution in [0, 0.1) is 5.92 Å². The highest BCUT2D eigenvalue weighted by atomic mass is 16.6. The summed E-state index contributed by atoms with van der Waals surface area (Å²) >= 11 is 0. The Morgan fingerprint density at radius 3 is 2.11 bits per heavy atom. The first-order valence-electron chi connectivity index (χ1n) is 6.02. The third kappa shape index (κ3) is 8.01. The predicted octanol–water partition coefficient (Wildman–Crippen LogP) is 0.737. The molecule has 0 bridgehead atoms. The molecule has 2 amide bonds. The monoisotopic (exact) mass is 274 g/mol. The van der Waals surface area contributed by atoms with Gasteiger partial charge in [0.1, 0.15) is 18.2 Å². The van der Waals surface area contributed by atoms with Crippen LogP contribution in [0.15, 0.2) is 0 Å². The molecule has 0 rings (SSSR count). The molecule has 0 heterocycles. The number of nitrogens with one attached hydrogen (secondary N) is 2. The van der Waals surface area contributed by atoms with Gasteiger partial charge in [-0.1, -0.05) is 13.8 Å². The highest BCUT2D eigenvalue weighted by Gasteiger charge is 2.23. The second kappa shape index (κ2) is 6.96. The minimum absolute atomic E-state index is 0.247. The van der Waals surface area contributed by atoms with Gasteiger partial charge in [-0.15, -0.1) is 0 Å². The molecule has 1 unspecified atom stereocenters. The van der Waals surface area contributed by atoms with Crippen molar-refractivity contribution in [2.75, 3.05) is 6.54 Å². The minimum atomic E-state index is -1.11. The molecular weight excluding hydrogens is 252 g/mol. The topological polar surface area (TPSA) is 105 Å². The maximum Gasteiger partial charge on any atom is 0.408 e. The van der Waals surface area contributed by atoms with Crippen molar-refractivity contribution in [3.63, 3.8) is 0 Å². The van der Waals surface area contributed by atoms with Crippen molar-refractivity contribution in [3.05, 3.63) is 0 Å². The third-order valence-electron chi connectivity index (χ3n) is 2.04. The van der Waals surface area contributed by atoms with Crippen molar-refractivity contribution in [2.45, 2.75) is 46.3 Å². The van der Waals surface area contributed by atoms with Crippen molar-refractivity contribution in [1.29, 1.82) is 0 Å². The summed E-state index contributed by atoms with van der Waals surface area (Å²) in [5.74, 6) is -1.93. The van der Waals surface area contributed by atoms with Crippen LogP contribution in [0.5, 0.6) is 0 Å². The standard InChI is InChI=1S/C12H22N2O5/c1-7(2)9(10(16)17)14-8(15)6-13-11(18)19-12(3,4)5/h7,9H,6H2,1-5H3,(H,13,18)(H,14,15)(H,16,17). The third-order valence-corrected chi connectivity index (χ3v) is 2.04. The lowest BCUT2D eigenvalue weighted by Crippen LogP contribution is -2.48. The number of hydrogen-bond acceptors (Lipinski definition) is 4. The molecule has 0 aromatic carbocycles. The van der Waals surface area contributed by atoms with Crippen LogP contribution >= 0.6 is 0 Å². The highest BCUT2D eigenvalue weighted by molar-refractivity contribution is 5.86. The van der Waals surface area contributed by atoms with E-state index >= 15 is 0 Å². The van der Waals surface area contributed by atoms with Crippen LogP contribution in [0.2, 0.25) is 0 Å². The molecule has 7 heteroatoms. The van der Waals surface area contributed by atoms with Crippen LogP contribution in [0.25, 0.3) is 0 Å². The van der Waals surface area contributed by atoms with Crippen LogP contribution in [-0.4, -0.2) is 41.3 Å². The van der Waals surface area contributed by atoms with E-state index in [9.17, 15) is 14.4 Å². The number of carboxylic acids is 1. The second-order valence-corrected chi connectivity index (χ2v) is 5.48. The predicted molar refractivity (Wildman–Crippen MR) is 68.6 cm³/mol. The van der Waals surface area contributed by atoms with E-state index in [4.69, 9.17) is 9.84 Å². The number of rotatable bonds is 5. The Morgan fingerprint density at radius 1 is 1.21 bits per heavy atom. The van der Waals surface area contributed by atoms with Gasteiger partial charge in [0, 0.05) is 0 Å². The Labute approximate surface area is 112 Å². The molecule has 19 heavy (non-hydrogen) atoms. The number of carbonyl (C=O) groups excluding carboxylic acids is 2. The van der Waals surface area contributed by atoms with Gasteiger partial charge < -0.3 is 20.5 Å². The van der Waals surface area contributed by atoms with Gasteiger partial charge in [-0.3, -0.25) is 4.79 Å². The summed E-state index contributed by atoms with van der Waals surface area (Å²) < 4.78 is 4.94. The van der Waals surface area contributed by atoms with E-state index in [1.165, 1.54) is 0 Å².